The predicted molar refractivity (Wildman–Crippen MR) is 289 cm³/mol. The van der Waals surface area contributed by atoms with Crippen LogP contribution in [0, 0.1) is 0 Å². The molecule has 0 bridgehead atoms. The summed E-state index contributed by atoms with van der Waals surface area (Å²) in [5.74, 6) is 0. The van der Waals surface area contributed by atoms with Crippen LogP contribution in [0.2, 0.25) is 0 Å². The van der Waals surface area contributed by atoms with E-state index in [1.54, 1.807) is 0 Å². The van der Waals surface area contributed by atoms with Gasteiger partial charge in [0.2, 0.25) is 0 Å². The minimum absolute atomic E-state index is 0.524. The molecule has 0 radical (unpaired) electrons. The van der Waals surface area contributed by atoms with Crippen molar-refractivity contribution in [2.75, 3.05) is 4.90 Å². The van der Waals surface area contributed by atoms with E-state index in [1.165, 1.54) is 99.3 Å². The number of benzene rings is 11. The van der Waals surface area contributed by atoms with Gasteiger partial charge in [0.05, 0.1) is 22.0 Å². The van der Waals surface area contributed by atoms with Crippen molar-refractivity contribution >= 4 is 55.2 Å². The summed E-state index contributed by atoms with van der Waals surface area (Å²) in [4.78, 5) is 2.44. The molecule has 2 heteroatoms. The van der Waals surface area contributed by atoms with Gasteiger partial charge in [0.25, 0.3) is 0 Å². The molecule has 11 aromatic carbocycles. The number of fused-ring (bicyclic) bond motifs is 9. The van der Waals surface area contributed by atoms with Gasteiger partial charge in [-0.15, -0.1) is 0 Å². The second-order valence-corrected chi connectivity index (χ2v) is 18.4. The molecule has 0 amide bonds. The van der Waals surface area contributed by atoms with Crippen molar-refractivity contribution in [3.05, 3.63) is 289 Å². The van der Waals surface area contributed by atoms with Crippen LogP contribution in [0.15, 0.2) is 267 Å². The molecule has 0 saturated carbocycles. The number of aromatic nitrogens is 1. The average Bonchev–Trinajstić information content (AvgIpc) is 4.06. The van der Waals surface area contributed by atoms with E-state index in [1.807, 2.05) is 0 Å². The SMILES string of the molecule is c1ccc(-c2ccc(N(c3cccc(-c4ccccc4-c4ccc5c6cccc7c8ccccc8n(c5c4)c76)c3)c3ccc4c(c3)C(c3ccccc3)(c3ccccc3)c3ccccc3-4)cc2)cc1. The maximum atomic E-state index is 2.47. The third-order valence-corrected chi connectivity index (χ3v) is 14.8. The van der Waals surface area contributed by atoms with E-state index in [9.17, 15) is 0 Å². The summed E-state index contributed by atoms with van der Waals surface area (Å²) < 4.78 is 2.47. The Morgan fingerprint density at radius 1 is 0.275 bits per heavy atom. The number of anilines is 3. The number of rotatable bonds is 8. The second kappa shape index (κ2) is 15.6. The van der Waals surface area contributed by atoms with E-state index in [4.69, 9.17) is 0 Å². The van der Waals surface area contributed by atoms with Crippen molar-refractivity contribution < 1.29 is 0 Å². The Balaban J connectivity index is 0.953. The monoisotopic (exact) mass is 876 g/mol. The lowest BCUT2D eigenvalue weighted by atomic mass is 9.67. The molecule has 2 aromatic heterocycles. The molecule has 13 aromatic rings. The summed E-state index contributed by atoms with van der Waals surface area (Å²) in [6.07, 6.45) is 0. The van der Waals surface area contributed by atoms with Crippen LogP contribution in [0.4, 0.5) is 17.1 Å². The zero-order valence-corrected chi connectivity index (χ0v) is 37.8. The molecule has 0 fully saturated rings. The van der Waals surface area contributed by atoms with Crippen LogP contribution in [-0.4, -0.2) is 4.40 Å². The standard InChI is InChI=1S/C67H44N2/c1-4-18-45(19-5-1)46-34-37-51(38-35-46)68(53-39-41-57-56-28-12-14-32-62(56)67(63(57)44-53,49-21-6-2-7-22-49)50-23-8-3-9-24-50)52-25-16-20-47(42-52)54-26-10-11-27-55(54)48-36-40-59-61-31-17-30-60-58-29-13-15-33-64(58)69(66(60)61)65(59)43-48/h1-44H. The van der Waals surface area contributed by atoms with Crippen molar-refractivity contribution in [1.29, 1.82) is 0 Å². The van der Waals surface area contributed by atoms with E-state index in [-0.39, 0.29) is 0 Å². The average molecular weight is 877 g/mol. The highest BCUT2D eigenvalue weighted by Gasteiger charge is 2.46. The molecule has 0 saturated heterocycles. The molecule has 0 unspecified atom stereocenters. The lowest BCUT2D eigenvalue weighted by molar-refractivity contribution is 0.768. The summed E-state index contributed by atoms with van der Waals surface area (Å²) in [7, 11) is 0. The molecule has 1 aliphatic rings. The fourth-order valence-corrected chi connectivity index (χ4v) is 11.8. The zero-order chi connectivity index (χ0) is 45.5. The molecular weight excluding hydrogens is 833 g/mol. The van der Waals surface area contributed by atoms with Gasteiger partial charge in [0.1, 0.15) is 0 Å². The van der Waals surface area contributed by atoms with Gasteiger partial charge in [-0.3, -0.25) is 0 Å². The predicted octanol–water partition coefficient (Wildman–Crippen LogP) is 17.7. The maximum Gasteiger partial charge on any atom is 0.0714 e. The smallest absolute Gasteiger partial charge is 0.0714 e. The second-order valence-electron chi connectivity index (χ2n) is 18.4. The highest BCUT2D eigenvalue weighted by molar-refractivity contribution is 6.23. The van der Waals surface area contributed by atoms with Crippen molar-refractivity contribution in [1.82, 2.24) is 4.40 Å². The van der Waals surface area contributed by atoms with Crippen molar-refractivity contribution in [3.8, 4) is 44.5 Å². The van der Waals surface area contributed by atoms with Crippen LogP contribution in [0.25, 0.3) is 82.6 Å². The summed E-state index contributed by atoms with van der Waals surface area (Å²) in [5.41, 5.74) is 21.2. The molecule has 0 atom stereocenters. The normalized spacial score (nSPS) is 12.8. The highest BCUT2D eigenvalue weighted by atomic mass is 15.1. The fraction of sp³-hybridized carbons (Fsp3) is 0.0149. The first-order valence-electron chi connectivity index (χ1n) is 23.9. The van der Waals surface area contributed by atoms with Crippen LogP contribution in [0.5, 0.6) is 0 Å². The van der Waals surface area contributed by atoms with E-state index in [2.05, 4.69) is 276 Å². The van der Waals surface area contributed by atoms with Gasteiger partial charge in [0, 0.05) is 38.6 Å². The molecule has 2 heterocycles. The molecule has 69 heavy (non-hydrogen) atoms. The van der Waals surface area contributed by atoms with Gasteiger partial charge >= 0.3 is 0 Å². The molecule has 0 aliphatic heterocycles. The van der Waals surface area contributed by atoms with Gasteiger partial charge in [-0.05, 0) is 115 Å². The Labute approximate surface area is 401 Å². The molecule has 2 nitrogen and oxygen atoms in total. The first-order valence-corrected chi connectivity index (χ1v) is 23.9. The van der Waals surface area contributed by atoms with Crippen LogP contribution in [0.1, 0.15) is 22.3 Å². The van der Waals surface area contributed by atoms with E-state index in [0.717, 1.165) is 22.6 Å². The Kier molecular flexibility index (Phi) is 8.84. The van der Waals surface area contributed by atoms with Gasteiger partial charge in [0.15, 0.2) is 0 Å². The highest BCUT2D eigenvalue weighted by Crippen LogP contribution is 2.57. The third-order valence-electron chi connectivity index (χ3n) is 14.8. The molecular formula is C67H44N2. The summed E-state index contributed by atoms with van der Waals surface area (Å²) in [6.45, 7) is 0. The largest absolute Gasteiger partial charge is 0.310 e. The van der Waals surface area contributed by atoms with Crippen LogP contribution in [0.3, 0.4) is 0 Å². The van der Waals surface area contributed by atoms with Gasteiger partial charge in [-0.2, -0.15) is 0 Å². The van der Waals surface area contributed by atoms with Gasteiger partial charge in [-0.25, -0.2) is 0 Å². The molecule has 1 aliphatic carbocycles. The minimum atomic E-state index is -0.524. The number of nitrogens with zero attached hydrogens (tertiary/aromatic N) is 2. The summed E-state index contributed by atoms with van der Waals surface area (Å²) in [6, 6.07) is 98.6. The van der Waals surface area contributed by atoms with Gasteiger partial charge < -0.3 is 9.30 Å². The van der Waals surface area contributed by atoms with Crippen LogP contribution in [-0.2, 0) is 5.41 Å². The summed E-state index contributed by atoms with van der Waals surface area (Å²) in [5, 5.41) is 5.17. The minimum Gasteiger partial charge on any atom is -0.310 e. The van der Waals surface area contributed by atoms with E-state index < -0.39 is 5.41 Å². The van der Waals surface area contributed by atoms with Crippen molar-refractivity contribution in [3.63, 3.8) is 0 Å². The van der Waals surface area contributed by atoms with Crippen molar-refractivity contribution in [2.45, 2.75) is 5.41 Å². The topological polar surface area (TPSA) is 7.65 Å². The molecule has 0 N–H and O–H groups in total. The Morgan fingerprint density at radius 3 is 1.49 bits per heavy atom. The first-order chi connectivity index (χ1) is 34.2. The van der Waals surface area contributed by atoms with E-state index >= 15 is 0 Å². The Bertz CT molecular complexity index is 4020. The molecule has 0 spiro atoms. The number of hydrogen-bond acceptors (Lipinski definition) is 1. The zero-order valence-electron chi connectivity index (χ0n) is 37.8. The third kappa shape index (κ3) is 5.92. The van der Waals surface area contributed by atoms with Crippen molar-refractivity contribution in [2.24, 2.45) is 0 Å². The first kappa shape index (κ1) is 39.2. The Morgan fingerprint density at radius 2 is 0.768 bits per heavy atom. The Hall–Kier alpha value is -8.98. The molecule has 322 valence electrons. The maximum absolute atomic E-state index is 2.47. The van der Waals surface area contributed by atoms with Crippen LogP contribution >= 0.6 is 0 Å². The quantitative estimate of drug-likeness (QED) is 0.148. The lowest BCUT2D eigenvalue weighted by Crippen LogP contribution is -2.28. The van der Waals surface area contributed by atoms with Gasteiger partial charge in [-0.1, -0.05) is 218 Å². The van der Waals surface area contributed by atoms with Crippen LogP contribution < -0.4 is 4.90 Å². The lowest BCUT2D eigenvalue weighted by Gasteiger charge is -2.35. The fourth-order valence-electron chi connectivity index (χ4n) is 11.8. The number of hydrogen-bond donors (Lipinski definition) is 0. The number of para-hydroxylation sites is 2. The molecule has 14 rings (SSSR count). The summed E-state index contributed by atoms with van der Waals surface area (Å²) >= 11 is 0. The van der Waals surface area contributed by atoms with E-state index in [0.29, 0.717) is 0 Å².